The standard InChI is InChI=1S/C26H27BrClN3O4S/c1-3-24(26(33)29-2)30(17-19-12-14-21(28)15-13-19)25(32)18-31(22-9-7-8-20(27)16-22)36(34,35)23-10-5-4-6-11-23/h4-16,24H,3,17-18H2,1-2H3,(H,29,33)/t24-/m1/s1. The lowest BCUT2D eigenvalue weighted by atomic mass is 10.1. The molecule has 3 aromatic rings. The molecule has 0 aliphatic carbocycles. The number of rotatable bonds is 10. The zero-order chi connectivity index (χ0) is 26.3. The number of anilines is 1. The molecule has 0 aromatic heterocycles. The van der Waals surface area contributed by atoms with E-state index >= 15 is 0 Å². The molecule has 0 aliphatic rings. The van der Waals surface area contributed by atoms with E-state index < -0.39 is 28.5 Å². The van der Waals surface area contributed by atoms with Crippen molar-refractivity contribution in [2.75, 3.05) is 17.9 Å². The minimum absolute atomic E-state index is 0.0559. The molecule has 0 unspecified atom stereocenters. The number of sulfonamides is 1. The maximum atomic E-state index is 13.8. The summed E-state index contributed by atoms with van der Waals surface area (Å²) in [6, 6.07) is 20.8. The number of carbonyl (C=O) groups is 2. The first-order valence-electron chi connectivity index (χ1n) is 11.3. The first-order valence-corrected chi connectivity index (χ1v) is 13.9. The number of amides is 2. The van der Waals surface area contributed by atoms with E-state index in [1.54, 1.807) is 73.7 Å². The summed E-state index contributed by atoms with van der Waals surface area (Å²) in [5.74, 6) is -0.848. The highest BCUT2D eigenvalue weighted by molar-refractivity contribution is 9.10. The zero-order valence-corrected chi connectivity index (χ0v) is 23.1. The third kappa shape index (κ3) is 6.66. The van der Waals surface area contributed by atoms with Gasteiger partial charge >= 0.3 is 0 Å². The Balaban J connectivity index is 2.04. The van der Waals surface area contributed by atoms with Gasteiger partial charge < -0.3 is 10.2 Å². The molecular weight excluding hydrogens is 566 g/mol. The fraction of sp³-hybridized carbons (Fsp3) is 0.231. The molecule has 10 heteroatoms. The van der Waals surface area contributed by atoms with Gasteiger partial charge in [0.25, 0.3) is 10.0 Å². The van der Waals surface area contributed by atoms with Crippen LogP contribution in [0.25, 0.3) is 0 Å². The van der Waals surface area contributed by atoms with Gasteiger partial charge in [0, 0.05) is 23.1 Å². The molecule has 0 spiro atoms. The zero-order valence-electron chi connectivity index (χ0n) is 19.9. The van der Waals surface area contributed by atoms with E-state index in [9.17, 15) is 18.0 Å². The lowest BCUT2D eigenvalue weighted by Crippen LogP contribution is -2.51. The maximum absolute atomic E-state index is 13.8. The number of nitrogens with one attached hydrogen (secondary N) is 1. The van der Waals surface area contributed by atoms with Crippen LogP contribution in [0, 0.1) is 0 Å². The monoisotopic (exact) mass is 591 g/mol. The summed E-state index contributed by atoms with van der Waals surface area (Å²) in [6.07, 6.45) is 0.349. The lowest BCUT2D eigenvalue weighted by Gasteiger charge is -2.33. The molecule has 1 N–H and O–H groups in total. The molecule has 1 atom stereocenters. The number of halogens is 2. The fourth-order valence-corrected chi connectivity index (χ4v) is 5.69. The Morgan fingerprint density at radius 2 is 1.67 bits per heavy atom. The molecule has 3 rings (SSSR count). The summed E-state index contributed by atoms with van der Waals surface area (Å²) in [4.78, 5) is 27.9. The van der Waals surface area contributed by atoms with E-state index in [0.29, 0.717) is 21.6 Å². The van der Waals surface area contributed by atoms with Gasteiger partial charge in [0.05, 0.1) is 10.6 Å². The van der Waals surface area contributed by atoms with Gasteiger partial charge in [0.15, 0.2) is 0 Å². The second-order valence-electron chi connectivity index (χ2n) is 7.99. The van der Waals surface area contributed by atoms with Gasteiger partial charge in [-0.25, -0.2) is 8.42 Å². The van der Waals surface area contributed by atoms with Crippen molar-refractivity contribution in [3.8, 4) is 0 Å². The average Bonchev–Trinajstić information content (AvgIpc) is 2.88. The van der Waals surface area contributed by atoms with Gasteiger partial charge in [-0.3, -0.25) is 13.9 Å². The number of hydrogen-bond donors (Lipinski definition) is 1. The van der Waals surface area contributed by atoms with Crippen molar-refractivity contribution in [3.05, 3.63) is 93.9 Å². The summed E-state index contributed by atoms with van der Waals surface area (Å²) in [5.41, 5.74) is 1.08. The van der Waals surface area contributed by atoms with Crippen molar-refractivity contribution in [3.63, 3.8) is 0 Å². The van der Waals surface area contributed by atoms with Crippen molar-refractivity contribution in [1.29, 1.82) is 0 Å². The SMILES string of the molecule is CC[C@H](C(=O)NC)N(Cc1ccc(Cl)cc1)C(=O)CN(c1cccc(Br)c1)S(=O)(=O)c1ccccc1. The summed E-state index contributed by atoms with van der Waals surface area (Å²) in [6.45, 7) is 1.42. The summed E-state index contributed by atoms with van der Waals surface area (Å²) < 4.78 is 29.1. The van der Waals surface area contributed by atoms with Crippen LogP contribution in [-0.2, 0) is 26.2 Å². The van der Waals surface area contributed by atoms with E-state index in [1.807, 2.05) is 0 Å². The van der Waals surface area contributed by atoms with E-state index in [4.69, 9.17) is 11.6 Å². The molecule has 3 aromatic carbocycles. The number of benzene rings is 3. The highest BCUT2D eigenvalue weighted by Gasteiger charge is 2.33. The number of nitrogens with zero attached hydrogens (tertiary/aromatic N) is 2. The number of carbonyl (C=O) groups excluding carboxylic acids is 2. The van der Waals surface area contributed by atoms with Crippen molar-refractivity contribution < 1.29 is 18.0 Å². The van der Waals surface area contributed by atoms with Crippen LogP contribution < -0.4 is 9.62 Å². The smallest absolute Gasteiger partial charge is 0.264 e. The van der Waals surface area contributed by atoms with Crippen LogP contribution in [0.3, 0.4) is 0 Å². The van der Waals surface area contributed by atoms with E-state index in [0.717, 1.165) is 9.87 Å². The van der Waals surface area contributed by atoms with Gasteiger partial charge in [-0.05, 0) is 54.4 Å². The van der Waals surface area contributed by atoms with Crippen molar-refractivity contribution in [1.82, 2.24) is 10.2 Å². The van der Waals surface area contributed by atoms with Crippen LogP contribution in [0.4, 0.5) is 5.69 Å². The molecule has 0 heterocycles. The molecular formula is C26H27BrClN3O4S. The predicted octanol–water partition coefficient (Wildman–Crippen LogP) is 4.85. The third-order valence-corrected chi connectivity index (χ3v) is 8.14. The normalized spacial score (nSPS) is 12.0. The van der Waals surface area contributed by atoms with Gasteiger partial charge in [0.2, 0.25) is 11.8 Å². The van der Waals surface area contributed by atoms with Crippen LogP contribution in [-0.4, -0.2) is 44.8 Å². The topological polar surface area (TPSA) is 86.8 Å². The number of hydrogen-bond acceptors (Lipinski definition) is 4. The van der Waals surface area contributed by atoms with Crippen LogP contribution in [0.5, 0.6) is 0 Å². The largest absolute Gasteiger partial charge is 0.357 e. The Morgan fingerprint density at radius 1 is 1.00 bits per heavy atom. The Hall–Kier alpha value is -2.88. The Morgan fingerprint density at radius 3 is 2.25 bits per heavy atom. The van der Waals surface area contributed by atoms with Crippen molar-refractivity contribution in [2.24, 2.45) is 0 Å². The van der Waals surface area contributed by atoms with Gasteiger partial charge in [0.1, 0.15) is 12.6 Å². The summed E-state index contributed by atoms with van der Waals surface area (Å²) in [5, 5.41) is 3.15. The Labute approximate surface area is 225 Å². The highest BCUT2D eigenvalue weighted by atomic mass is 79.9. The first kappa shape index (κ1) is 27.7. The van der Waals surface area contributed by atoms with Crippen LogP contribution >= 0.6 is 27.5 Å². The molecule has 190 valence electrons. The molecule has 0 aliphatic heterocycles. The summed E-state index contributed by atoms with van der Waals surface area (Å²) >= 11 is 9.39. The van der Waals surface area contributed by atoms with Crippen LogP contribution in [0.15, 0.2) is 88.2 Å². The van der Waals surface area contributed by atoms with E-state index in [2.05, 4.69) is 21.2 Å². The van der Waals surface area contributed by atoms with Gasteiger partial charge in [-0.2, -0.15) is 0 Å². The molecule has 0 saturated carbocycles. The lowest BCUT2D eigenvalue weighted by molar-refractivity contribution is -0.140. The second-order valence-corrected chi connectivity index (χ2v) is 11.2. The quantitative estimate of drug-likeness (QED) is 0.365. The Kier molecular flexibility index (Phi) is 9.53. The van der Waals surface area contributed by atoms with E-state index in [-0.39, 0.29) is 17.3 Å². The maximum Gasteiger partial charge on any atom is 0.264 e. The molecule has 2 amide bonds. The van der Waals surface area contributed by atoms with Crippen LogP contribution in [0.2, 0.25) is 5.02 Å². The molecule has 7 nitrogen and oxygen atoms in total. The minimum Gasteiger partial charge on any atom is -0.357 e. The second kappa shape index (κ2) is 12.4. The molecule has 0 radical (unpaired) electrons. The average molecular weight is 593 g/mol. The molecule has 0 fully saturated rings. The van der Waals surface area contributed by atoms with Gasteiger partial charge in [-0.15, -0.1) is 0 Å². The summed E-state index contributed by atoms with van der Waals surface area (Å²) in [7, 11) is -2.59. The third-order valence-electron chi connectivity index (χ3n) is 5.60. The molecule has 36 heavy (non-hydrogen) atoms. The Bertz CT molecular complexity index is 1300. The van der Waals surface area contributed by atoms with Gasteiger partial charge in [-0.1, -0.05) is 70.9 Å². The minimum atomic E-state index is -4.09. The predicted molar refractivity (Wildman–Crippen MR) is 145 cm³/mol. The van der Waals surface area contributed by atoms with E-state index in [1.165, 1.54) is 24.1 Å². The highest BCUT2D eigenvalue weighted by Crippen LogP contribution is 2.27. The van der Waals surface area contributed by atoms with Crippen LogP contribution in [0.1, 0.15) is 18.9 Å². The molecule has 0 saturated heterocycles. The van der Waals surface area contributed by atoms with Crippen molar-refractivity contribution >= 4 is 55.1 Å². The molecule has 0 bridgehead atoms. The van der Waals surface area contributed by atoms with Crippen molar-refractivity contribution in [2.45, 2.75) is 30.8 Å². The first-order chi connectivity index (χ1) is 17.2. The number of likely N-dealkylation sites (N-methyl/N-ethyl adjacent to an activating group) is 1. The fourth-order valence-electron chi connectivity index (χ4n) is 3.75.